The molecule has 6 nitrogen and oxygen atoms in total. The highest BCUT2D eigenvalue weighted by atomic mass is 35.5. The van der Waals surface area contributed by atoms with Crippen molar-refractivity contribution in [3.63, 3.8) is 0 Å². The average molecular weight is 537 g/mol. The molecule has 0 aliphatic carbocycles. The van der Waals surface area contributed by atoms with Crippen LogP contribution in [0.1, 0.15) is 37.1 Å². The van der Waals surface area contributed by atoms with Crippen molar-refractivity contribution in [1.29, 1.82) is 0 Å². The molecule has 2 bridgehead atoms. The molecule has 1 amide bonds. The minimum Gasteiger partial charge on any atom is -0.356 e. The number of piperidine rings is 2. The topological polar surface area (TPSA) is 73.1 Å². The molecule has 0 radical (unpaired) electrons. The third-order valence-corrected chi connectivity index (χ3v) is 7.23. The first kappa shape index (κ1) is 28.4. The van der Waals surface area contributed by atoms with Crippen LogP contribution in [0.25, 0.3) is 11.0 Å². The lowest BCUT2D eigenvalue weighted by Gasteiger charge is -2.46. The van der Waals surface area contributed by atoms with Crippen molar-refractivity contribution >= 4 is 41.8 Å². The molecule has 3 aromatic rings. The van der Waals surface area contributed by atoms with E-state index in [4.69, 9.17) is 0 Å². The maximum atomic E-state index is 13.3. The molecule has 9 heteroatoms. The lowest BCUT2D eigenvalue weighted by atomic mass is 9.79. The molecule has 36 heavy (non-hydrogen) atoms. The summed E-state index contributed by atoms with van der Waals surface area (Å²) in [4.78, 5) is 22.5. The van der Waals surface area contributed by atoms with Crippen LogP contribution in [0.2, 0.25) is 0 Å². The van der Waals surface area contributed by atoms with Crippen molar-refractivity contribution in [3.8, 4) is 0 Å². The number of carbonyl (C=O) groups excluding carboxylic acids is 1. The van der Waals surface area contributed by atoms with Crippen molar-refractivity contribution in [1.82, 2.24) is 25.5 Å². The van der Waals surface area contributed by atoms with Gasteiger partial charge in [0.2, 0.25) is 5.91 Å². The Morgan fingerprint density at radius 3 is 2.81 bits per heavy atom. The maximum Gasteiger partial charge on any atom is 0.220 e. The van der Waals surface area contributed by atoms with E-state index >= 15 is 0 Å². The third-order valence-electron chi connectivity index (χ3n) is 7.23. The summed E-state index contributed by atoms with van der Waals surface area (Å²) in [6.45, 7) is 4.95. The molecule has 2 aliphatic rings. The highest BCUT2D eigenvalue weighted by Gasteiger charge is 2.36. The van der Waals surface area contributed by atoms with Crippen LogP contribution in [0.5, 0.6) is 0 Å². The van der Waals surface area contributed by atoms with E-state index in [-0.39, 0.29) is 36.5 Å². The Balaban J connectivity index is 0.00000180. The van der Waals surface area contributed by atoms with Gasteiger partial charge in [0, 0.05) is 45.1 Å². The van der Waals surface area contributed by atoms with Gasteiger partial charge in [-0.1, -0.05) is 30.3 Å². The van der Waals surface area contributed by atoms with Crippen LogP contribution in [0, 0.1) is 17.7 Å². The predicted molar refractivity (Wildman–Crippen MR) is 146 cm³/mol. The zero-order valence-corrected chi connectivity index (χ0v) is 22.1. The van der Waals surface area contributed by atoms with Gasteiger partial charge in [-0.05, 0) is 61.4 Å². The fraction of sp³-hybridized carbons (Fsp3) is 0.481. The molecule has 2 saturated heterocycles. The highest BCUT2D eigenvalue weighted by molar-refractivity contribution is 5.85. The van der Waals surface area contributed by atoms with E-state index in [0.29, 0.717) is 36.9 Å². The summed E-state index contributed by atoms with van der Waals surface area (Å²) < 4.78 is 13.3. The van der Waals surface area contributed by atoms with E-state index < -0.39 is 0 Å². The van der Waals surface area contributed by atoms with E-state index in [1.165, 1.54) is 30.7 Å². The minimum atomic E-state index is -0.281. The van der Waals surface area contributed by atoms with E-state index in [1.54, 1.807) is 6.07 Å². The van der Waals surface area contributed by atoms with Gasteiger partial charge in [0.1, 0.15) is 11.6 Å². The van der Waals surface area contributed by atoms with Gasteiger partial charge < -0.3 is 15.6 Å². The highest BCUT2D eigenvalue weighted by Crippen LogP contribution is 2.31. The molecule has 2 fully saturated rings. The van der Waals surface area contributed by atoms with Gasteiger partial charge in [-0.25, -0.2) is 9.37 Å². The van der Waals surface area contributed by atoms with Crippen LogP contribution in [0.3, 0.4) is 0 Å². The molecular formula is C27H36Cl2FN5O. The Bertz CT molecular complexity index is 1110. The smallest absolute Gasteiger partial charge is 0.220 e. The molecule has 2 aliphatic heterocycles. The first-order valence-corrected chi connectivity index (χ1v) is 12.5. The number of nitrogens with one attached hydrogen (secondary N) is 3. The van der Waals surface area contributed by atoms with Crippen LogP contribution in [-0.2, 0) is 17.8 Å². The summed E-state index contributed by atoms with van der Waals surface area (Å²) in [6.07, 6.45) is 4.39. The quantitative estimate of drug-likeness (QED) is 0.377. The number of aromatic nitrogens is 2. The van der Waals surface area contributed by atoms with E-state index in [0.717, 1.165) is 49.7 Å². The second-order valence-electron chi connectivity index (χ2n) is 9.89. The number of aromatic amines is 1. The zero-order valence-electron chi connectivity index (χ0n) is 20.4. The Morgan fingerprint density at radius 2 is 1.97 bits per heavy atom. The molecule has 196 valence electrons. The summed E-state index contributed by atoms with van der Waals surface area (Å²) in [6, 6.07) is 15.8. The summed E-state index contributed by atoms with van der Waals surface area (Å²) >= 11 is 0. The Morgan fingerprint density at radius 1 is 1.14 bits per heavy atom. The van der Waals surface area contributed by atoms with E-state index in [9.17, 15) is 9.18 Å². The number of carbonyl (C=O) groups is 1. The molecule has 0 saturated carbocycles. The molecule has 3 atom stereocenters. The zero-order chi connectivity index (χ0) is 23.3. The van der Waals surface area contributed by atoms with Crippen molar-refractivity contribution in [2.75, 3.05) is 26.2 Å². The predicted octanol–water partition coefficient (Wildman–Crippen LogP) is 4.48. The number of likely N-dealkylation sites (tertiary alicyclic amines) is 1. The van der Waals surface area contributed by atoms with Crippen LogP contribution in [0.4, 0.5) is 4.39 Å². The van der Waals surface area contributed by atoms with Gasteiger partial charge in [0.25, 0.3) is 0 Å². The number of H-pyrrole nitrogens is 1. The average Bonchev–Trinajstić information content (AvgIpc) is 3.23. The van der Waals surface area contributed by atoms with Crippen molar-refractivity contribution in [3.05, 3.63) is 65.7 Å². The van der Waals surface area contributed by atoms with Crippen LogP contribution in [0.15, 0.2) is 48.5 Å². The number of amides is 1. The maximum absolute atomic E-state index is 13.3. The van der Waals surface area contributed by atoms with E-state index in [2.05, 4.69) is 55.8 Å². The molecule has 0 spiro atoms. The Kier molecular flexibility index (Phi) is 10.5. The number of fused-ring (bicyclic) bond motifs is 3. The van der Waals surface area contributed by atoms with Gasteiger partial charge in [0.05, 0.1) is 11.0 Å². The van der Waals surface area contributed by atoms with Gasteiger partial charge in [0.15, 0.2) is 0 Å². The molecule has 2 aromatic carbocycles. The SMILES string of the molecule is Cl.Cl.O=C(CCC[C@H]1NC[C@@H]2C[C@@H]1CN(Cc1ccccc1)C2)NCCc1nc2ccc(F)cc2[nH]1. The number of rotatable bonds is 9. The molecule has 3 N–H and O–H groups in total. The van der Waals surface area contributed by atoms with Gasteiger partial charge in [-0.15, -0.1) is 24.8 Å². The minimum absolute atomic E-state index is 0. The lowest BCUT2D eigenvalue weighted by Crippen LogP contribution is -2.55. The molecule has 3 heterocycles. The summed E-state index contributed by atoms with van der Waals surface area (Å²) in [5, 5.41) is 6.76. The van der Waals surface area contributed by atoms with Gasteiger partial charge in [-0.3, -0.25) is 9.69 Å². The number of nitrogens with zero attached hydrogens (tertiary/aromatic N) is 2. The Labute approximate surface area is 224 Å². The number of halogens is 3. The number of benzene rings is 2. The standard InChI is InChI=1S/C27H34FN5O.2ClH/c28-22-9-10-24-25(14-22)32-26(31-24)11-12-29-27(34)8-4-7-23-21-13-20(15-30-23)17-33(18-21)16-19-5-2-1-3-6-19;;/h1-3,5-6,9-10,14,20-21,23,30H,4,7-8,11-13,15-18H2,(H,29,34)(H,31,32);2*1H/t20-,21+,23+;;/m0../s1. The third kappa shape index (κ3) is 7.42. The summed E-state index contributed by atoms with van der Waals surface area (Å²) in [5.41, 5.74) is 2.82. The van der Waals surface area contributed by atoms with Crippen LogP contribution >= 0.6 is 24.8 Å². The largest absolute Gasteiger partial charge is 0.356 e. The van der Waals surface area contributed by atoms with Gasteiger partial charge in [-0.2, -0.15) is 0 Å². The first-order chi connectivity index (χ1) is 16.6. The van der Waals surface area contributed by atoms with Gasteiger partial charge >= 0.3 is 0 Å². The second kappa shape index (κ2) is 13.4. The Hall–Kier alpha value is -2.19. The van der Waals surface area contributed by atoms with Crippen molar-refractivity contribution in [2.45, 2.75) is 44.7 Å². The monoisotopic (exact) mass is 535 g/mol. The fourth-order valence-electron chi connectivity index (χ4n) is 5.63. The van der Waals surface area contributed by atoms with E-state index in [1.807, 2.05) is 0 Å². The molecule has 5 rings (SSSR count). The second-order valence-corrected chi connectivity index (χ2v) is 9.89. The molecule has 0 unspecified atom stereocenters. The van der Waals surface area contributed by atoms with Crippen LogP contribution < -0.4 is 10.6 Å². The number of hydrogen-bond donors (Lipinski definition) is 3. The van der Waals surface area contributed by atoms with Crippen molar-refractivity contribution < 1.29 is 9.18 Å². The summed E-state index contributed by atoms with van der Waals surface area (Å²) in [5.74, 6) is 1.97. The molecule has 1 aromatic heterocycles. The molecular weight excluding hydrogens is 500 g/mol. The van der Waals surface area contributed by atoms with Crippen LogP contribution in [-0.4, -0.2) is 53.0 Å². The number of hydrogen-bond acceptors (Lipinski definition) is 4. The lowest BCUT2D eigenvalue weighted by molar-refractivity contribution is -0.121. The number of imidazole rings is 1. The fourth-order valence-corrected chi connectivity index (χ4v) is 5.63. The van der Waals surface area contributed by atoms with Crippen molar-refractivity contribution in [2.24, 2.45) is 11.8 Å². The summed E-state index contributed by atoms with van der Waals surface area (Å²) in [7, 11) is 0. The first-order valence-electron chi connectivity index (χ1n) is 12.5. The normalized spacial score (nSPS) is 21.4.